The summed E-state index contributed by atoms with van der Waals surface area (Å²) >= 11 is 1.37. The van der Waals surface area contributed by atoms with E-state index < -0.39 is 17.9 Å². The molecule has 0 radical (unpaired) electrons. The molecular weight excluding hydrogens is 442 g/mol. The average molecular weight is 470 g/mol. The minimum Gasteiger partial charge on any atom is -0.479 e. The van der Waals surface area contributed by atoms with E-state index >= 15 is 0 Å². The Hall–Kier alpha value is -3.20. The first-order chi connectivity index (χ1) is 15.8. The summed E-state index contributed by atoms with van der Waals surface area (Å²) in [6.45, 7) is 3.26. The normalized spacial score (nSPS) is 17.1. The highest BCUT2D eigenvalue weighted by Gasteiger charge is 2.34. The summed E-state index contributed by atoms with van der Waals surface area (Å²) in [5, 5.41) is 3.23. The van der Waals surface area contributed by atoms with E-state index in [0.717, 1.165) is 36.1 Å². The third-order valence-electron chi connectivity index (χ3n) is 5.94. The SMILES string of the molecule is CCCC(=O)c1ccc2c(c1)N(CC(=O)Nc1sc3c(c1C(N)=O)CCCC3)C(=O)C(C)O2. The topological polar surface area (TPSA) is 119 Å². The molecule has 0 fully saturated rings. The fourth-order valence-corrected chi connectivity index (χ4v) is 5.65. The Morgan fingerprint density at radius 1 is 1.24 bits per heavy atom. The van der Waals surface area contributed by atoms with Crippen molar-refractivity contribution in [3.8, 4) is 5.75 Å². The van der Waals surface area contributed by atoms with Crippen molar-refractivity contribution < 1.29 is 23.9 Å². The van der Waals surface area contributed by atoms with E-state index in [-0.39, 0.29) is 18.2 Å². The van der Waals surface area contributed by atoms with Crippen LogP contribution >= 0.6 is 11.3 Å². The lowest BCUT2D eigenvalue weighted by Crippen LogP contribution is -2.47. The van der Waals surface area contributed by atoms with Crippen molar-refractivity contribution in [3.63, 3.8) is 0 Å². The van der Waals surface area contributed by atoms with E-state index in [0.29, 0.717) is 40.4 Å². The van der Waals surface area contributed by atoms with Crippen molar-refractivity contribution in [3.05, 3.63) is 39.8 Å². The predicted molar refractivity (Wildman–Crippen MR) is 126 cm³/mol. The number of Topliss-reactive ketones (excluding diaryl/α,β-unsaturated/α-hetero) is 1. The van der Waals surface area contributed by atoms with E-state index in [4.69, 9.17) is 10.5 Å². The van der Waals surface area contributed by atoms with Gasteiger partial charge in [-0.2, -0.15) is 0 Å². The number of ether oxygens (including phenoxy) is 1. The number of fused-ring (bicyclic) bond motifs is 2. The number of nitrogens with zero attached hydrogens (tertiary/aromatic N) is 1. The van der Waals surface area contributed by atoms with Crippen LogP contribution in [0.25, 0.3) is 0 Å². The van der Waals surface area contributed by atoms with Crippen LogP contribution in [-0.2, 0) is 22.4 Å². The molecule has 9 heteroatoms. The molecule has 0 saturated carbocycles. The summed E-state index contributed by atoms with van der Waals surface area (Å²) < 4.78 is 5.68. The lowest BCUT2D eigenvalue weighted by molar-refractivity contribution is -0.127. The molecule has 3 N–H and O–H groups in total. The minimum atomic E-state index is -0.766. The number of hydrogen-bond donors (Lipinski definition) is 2. The molecular formula is C24H27N3O5S. The molecule has 1 aliphatic carbocycles. The molecule has 0 spiro atoms. The van der Waals surface area contributed by atoms with E-state index in [1.807, 2.05) is 6.92 Å². The summed E-state index contributed by atoms with van der Waals surface area (Å²) in [7, 11) is 0. The second kappa shape index (κ2) is 9.35. The van der Waals surface area contributed by atoms with Crippen molar-refractivity contribution in [2.24, 2.45) is 5.73 Å². The number of nitrogens with two attached hydrogens (primary N) is 1. The molecule has 8 nitrogen and oxygen atoms in total. The van der Waals surface area contributed by atoms with Crippen LogP contribution in [0, 0.1) is 0 Å². The fraction of sp³-hybridized carbons (Fsp3) is 0.417. The maximum atomic E-state index is 13.0. The van der Waals surface area contributed by atoms with E-state index in [1.165, 1.54) is 16.2 Å². The highest BCUT2D eigenvalue weighted by atomic mass is 32.1. The molecule has 3 amide bonds. The molecule has 33 heavy (non-hydrogen) atoms. The smallest absolute Gasteiger partial charge is 0.268 e. The minimum absolute atomic E-state index is 0.0361. The first kappa shape index (κ1) is 23.0. The zero-order valence-corrected chi connectivity index (χ0v) is 19.5. The van der Waals surface area contributed by atoms with Crippen LogP contribution in [-0.4, -0.2) is 36.2 Å². The lowest BCUT2D eigenvalue weighted by Gasteiger charge is -2.32. The molecule has 2 aromatic rings. The van der Waals surface area contributed by atoms with Crippen LogP contribution in [0.1, 0.15) is 70.7 Å². The van der Waals surface area contributed by atoms with Crippen LogP contribution < -0.4 is 20.7 Å². The zero-order chi connectivity index (χ0) is 23.7. The number of thiophene rings is 1. The predicted octanol–water partition coefficient (Wildman–Crippen LogP) is 3.46. The molecule has 1 aromatic carbocycles. The Labute approximate surface area is 196 Å². The summed E-state index contributed by atoms with van der Waals surface area (Å²) in [5.74, 6) is -0.989. The van der Waals surface area contributed by atoms with Gasteiger partial charge in [-0.05, 0) is 62.8 Å². The van der Waals surface area contributed by atoms with Gasteiger partial charge < -0.3 is 15.8 Å². The molecule has 174 valence electrons. The van der Waals surface area contributed by atoms with Gasteiger partial charge in [0.2, 0.25) is 5.91 Å². The van der Waals surface area contributed by atoms with E-state index in [2.05, 4.69) is 5.32 Å². The molecule has 1 aliphatic heterocycles. The Bertz CT molecular complexity index is 1140. The molecule has 1 aromatic heterocycles. The number of benzene rings is 1. The third kappa shape index (κ3) is 4.50. The number of ketones is 1. The average Bonchev–Trinajstić information content (AvgIpc) is 3.14. The maximum absolute atomic E-state index is 13.0. The Balaban J connectivity index is 1.60. The van der Waals surface area contributed by atoms with Crippen molar-refractivity contribution in [1.29, 1.82) is 0 Å². The number of aryl methyl sites for hydroxylation is 1. The molecule has 4 rings (SSSR count). The number of primary amides is 1. The number of carbonyl (C=O) groups is 4. The van der Waals surface area contributed by atoms with Gasteiger partial charge in [0.15, 0.2) is 11.9 Å². The molecule has 1 atom stereocenters. The number of rotatable bonds is 7. The summed E-state index contributed by atoms with van der Waals surface area (Å²) in [5.41, 5.74) is 7.77. The van der Waals surface area contributed by atoms with Crippen molar-refractivity contribution in [2.75, 3.05) is 16.8 Å². The van der Waals surface area contributed by atoms with Crippen molar-refractivity contribution in [2.45, 2.75) is 58.5 Å². The molecule has 2 heterocycles. The molecule has 0 bridgehead atoms. The van der Waals surface area contributed by atoms with Gasteiger partial charge in [-0.1, -0.05) is 6.92 Å². The van der Waals surface area contributed by atoms with Crippen LogP contribution in [0.5, 0.6) is 5.75 Å². The molecule has 0 saturated heterocycles. The van der Waals surface area contributed by atoms with Gasteiger partial charge in [-0.3, -0.25) is 24.1 Å². The number of carbonyl (C=O) groups excluding carboxylic acids is 4. The van der Waals surface area contributed by atoms with Gasteiger partial charge in [-0.25, -0.2) is 0 Å². The first-order valence-electron chi connectivity index (χ1n) is 11.2. The Morgan fingerprint density at radius 3 is 2.73 bits per heavy atom. The van der Waals surface area contributed by atoms with Gasteiger partial charge >= 0.3 is 0 Å². The quantitative estimate of drug-likeness (QED) is 0.602. The highest BCUT2D eigenvalue weighted by molar-refractivity contribution is 7.17. The van der Waals surface area contributed by atoms with Gasteiger partial charge in [0.05, 0.1) is 11.3 Å². The number of anilines is 2. The lowest BCUT2D eigenvalue weighted by atomic mass is 9.95. The van der Waals surface area contributed by atoms with E-state index in [1.54, 1.807) is 25.1 Å². The number of nitrogens with one attached hydrogen (secondary N) is 1. The van der Waals surface area contributed by atoms with Crippen LogP contribution in [0.15, 0.2) is 18.2 Å². The Kier molecular flexibility index (Phi) is 6.51. The van der Waals surface area contributed by atoms with Gasteiger partial charge in [0.1, 0.15) is 17.3 Å². The maximum Gasteiger partial charge on any atom is 0.268 e. The van der Waals surface area contributed by atoms with Crippen LogP contribution in [0.4, 0.5) is 10.7 Å². The van der Waals surface area contributed by atoms with E-state index in [9.17, 15) is 19.2 Å². The summed E-state index contributed by atoms with van der Waals surface area (Å²) in [6, 6.07) is 4.93. The Morgan fingerprint density at radius 2 is 2.00 bits per heavy atom. The third-order valence-corrected chi connectivity index (χ3v) is 7.15. The largest absolute Gasteiger partial charge is 0.479 e. The zero-order valence-electron chi connectivity index (χ0n) is 18.7. The van der Waals surface area contributed by atoms with Crippen molar-refractivity contribution in [1.82, 2.24) is 0 Å². The van der Waals surface area contributed by atoms with Crippen LogP contribution in [0.3, 0.4) is 0 Å². The second-order valence-electron chi connectivity index (χ2n) is 8.37. The fourth-order valence-electron chi connectivity index (χ4n) is 4.34. The number of amides is 3. The molecule has 1 unspecified atom stereocenters. The summed E-state index contributed by atoms with van der Waals surface area (Å²) in [6.07, 6.45) is 3.98. The van der Waals surface area contributed by atoms with Gasteiger partial charge in [0.25, 0.3) is 11.8 Å². The first-order valence-corrected chi connectivity index (χ1v) is 12.0. The standard InChI is InChI=1S/C24H27N3O5S/c1-3-6-17(28)14-9-10-18-16(11-14)27(24(31)13(2)32-18)12-20(29)26-23-21(22(25)30)15-7-4-5-8-19(15)33-23/h9-11,13H,3-8,12H2,1-2H3,(H2,25,30)(H,26,29). The monoisotopic (exact) mass is 469 g/mol. The summed E-state index contributed by atoms with van der Waals surface area (Å²) in [4.78, 5) is 52.8. The van der Waals surface area contributed by atoms with Crippen LogP contribution in [0.2, 0.25) is 0 Å². The van der Waals surface area contributed by atoms with Gasteiger partial charge in [0, 0.05) is 16.9 Å². The van der Waals surface area contributed by atoms with Crippen molar-refractivity contribution >= 4 is 45.5 Å². The van der Waals surface area contributed by atoms with Gasteiger partial charge in [-0.15, -0.1) is 11.3 Å². The number of hydrogen-bond acceptors (Lipinski definition) is 6. The highest BCUT2D eigenvalue weighted by Crippen LogP contribution is 2.38. The second-order valence-corrected chi connectivity index (χ2v) is 9.47. The molecule has 2 aliphatic rings.